The zero-order valence-corrected chi connectivity index (χ0v) is 17.1. The Bertz CT molecular complexity index is 608. The molecule has 1 fully saturated rings. The fourth-order valence-electron chi connectivity index (χ4n) is 3.59. The van der Waals surface area contributed by atoms with E-state index in [4.69, 9.17) is 23.2 Å². The number of unbranched alkanes of at least 4 members (excludes halogenated alkanes) is 1. The van der Waals surface area contributed by atoms with Crippen LogP contribution in [0.5, 0.6) is 0 Å². The molecule has 1 saturated carbocycles. The molecule has 0 unspecified atom stereocenters. The molecule has 1 aliphatic rings. The van der Waals surface area contributed by atoms with Crippen molar-refractivity contribution in [3.63, 3.8) is 0 Å². The lowest BCUT2D eigenvalue weighted by Crippen LogP contribution is -2.39. The maximum atomic E-state index is 12.6. The summed E-state index contributed by atoms with van der Waals surface area (Å²) in [7, 11) is 1.68. The molecule has 0 spiro atoms. The fourth-order valence-corrected chi connectivity index (χ4v) is 4.08. The maximum absolute atomic E-state index is 12.6. The van der Waals surface area contributed by atoms with Crippen LogP contribution in [0.25, 0.3) is 0 Å². The molecule has 0 radical (unpaired) electrons. The standard InChI is InChI=1S/C20H28Cl2N2O2/c1-3-4-6-14-9-11-15(12-10-14)20(26)24(2)13-18(25)23-19-16(21)7-5-8-17(19)22/h5,7-8,14-15H,3-4,6,9-13H2,1-2H3,(H,23,25). The van der Waals surface area contributed by atoms with E-state index in [0.717, 1.165) is 31.6 Å². The van der Waals surface area contributed by atoms with Crippen LogP contribution in [0, 0.1) is 11.8 Å². The second-order valence-corrected chi connectivity index (χ2v) is 8.01. The second-order valence-electron chi connectivity index (χ2n) is 7.20. The lowest BCUT2D eigenvalue weighted by molar-refractivity contribution is -0.138. The Balaban J connectivity index is 1.82. The number of likely N-dealkylation sites (N-methyl/N-ethyl adjacent to an activating group) is 1. The first-order valence-corrected chi connectivity index (χ1v) is 10.2. The highest BCUT2D eigenvalue weighted by Crippen LogP contribution is 2.33. The van der Waals surface area contributed by atoms with Gasteiger partial charge in [0, 0.05) is 13.0 Å². The van der Waals surface area contributed by atoms with E-state index in [9.17, 15) is 9.59 Å². The molecule has 4 nitrogen and oxygen atoms in total. The number of amides is 2. The van der Waals surface area contributed by atoms with E-state index in [-0.39, 0.29) is 24.3 Å². The maximum Gasteiger partial charge on any atom is 0.244 e. The lowest BCUT2D eigenvalue weighted by Gasteiger charge is -2.30. The summed E-state index contributed by atoms with van der Waals surface area (Å²) in [6.45, 7) is 2.21. The second kappa shape index (κ2) is 10.2. The van der Waals surface area contributed by atoms with Crippen LogP contribution in [0.4, 0.5) is 5.69 Å². The fraction of sp³-hybridized carbons (Fsp3) is 0.600. The molecule has 6 heteroatoms. The van der Waals surface area contributed by atoms with Gasteiger partial charge in [-0.05, 0) is 43.7 Å². The van der Waals surface area contributed by atoms with Gasteiger partial charge in [0.15, 0.2) is 0 Å². The highest BCUT2D eigenvalue weighted by molar-refractivity contribution is 6.39. The van der Waals surface area contributed by atoms with E-state index in [1.165, 1.54) is 24.2 Å². The van der Waals surface area contributed by atoms with Crippen molar-refractivity contribution in [2.24, 2.45) is 11.8 Å². The van der Waals surface area contributed by atoms with E-state index in [1.54, 1.807) is 25.2 Å². The zero-order chi connectivity index (χ0) is 19.1. The molecule has 1 aromatic carbocycles. The van der Waals surface area contributed by atoms with E-state index < -0.39 is 0 Å². The van der Waals surface area contributed by atoms with Gasteiger partial charge in [-0.1, -0.05) is 55.5 Å². The van der Waals surface area contributed by atoms with Crippen LogP contribution < -0.4 is 5.32 Å². The highest BCUT2D eigenvalue weighted by Gasteiger charge is 2.28. The first-order valence-electron chi connectivity index (χ1n) is 9.41. The Morgan fingerprint density at radius 1 is 1.15 bits per heavy atom. The van der Waals surface area contributed by atoms with Crippen LogP contribution in [0.3, 0.4) is 0 Å². The smallest absolute Gasteiger partial charge is 0.244 e. The molecular weight excluding hydrogens is 371 g/mol. The Hall–Kier alpha value is -1.26. The molecule has 0 atom stereocenters. The Labute approximate surface area is 166 Å². The Morgan fingerprint density at radius 3 is 2.35 bits per heavy atom. The van der Waals surface area contributed by atoms with Gasteiger partial charge in [-0.2, -0.15) is 0 Å². The Kier molecular flexibility index (Phi) is 8.23. The van der Waals surface area contributed by atoms with Gasteiger partial charge in [0.05, 0.1) is 22.3 Å². The number of nitrogens with one attached hydrogen (secondary N) is 1. The Morgan fingerprint density at radius 2 is 1.77 bits per heavy atom. The van der Waals surface area contributed by atoms with Crippen LogP contribution in [0.1, 0.15) is 51.9 Å². The molecule has 1 N–H and O–H groups in total. The van der Waals surface area contributed by atoms with Crippen molar-refractivity contribution in [2.45, 2.75) is 51.9 Å². The molecule has 0 saturated heterocycles. The van der Waals surface area contributed by atoms with Crippen LogP contribution in [0.15, 0.2) is 18.2 Å². The van der Waals surface area contributed by atoms with Gasteiger partial charge in [-0.15, -0.1) is 0 Å². The van der Waals surface area contributed by atoms with Crippen molar-refractivity contribution in [3.8, 4) is 0 Å². The molecule has 144 valence electrons. The summed E-state index contributed by atoms with van der Waals surface area (Å²) in [5, 5.41) is 3.46. The summed E-state index contributed by atoms with van der Waals surface area (Å²) < 4.78 is 0. The number of hydrogen-bond donors (Lipinski definition) is 1. The number of anilines is 1. The average molecular weight is 399 g/mol. The van der Waals surface area contributed by atoms with E-state index >= 15 is 0 Å². The molecule has 1 aliphatic carbocycles. The average Bonchev–Trinajstić information content (AvgIpc) is 2.63. The van der Waals surface area contributed by atoms with Crippen LogP contribution in [0.2, 0.25) is 10.0 Å². The monoisotopic (exact) mass is 398 g/mol. The molecule has 2 amide bonds. The normalized spacial score (nSPS) is 19.8. The van der Waals surface area contributed by atoms with Gasteiger partial charge in [-0.25, -0.2) is 0 Å². The molecule has 0 bridgehead atoms. The van der Waals surface area contributed by atoms with Crippen molar-refractivity contribution >= 4 is 40.7 Å². The van der Waals surface area contributed by atoms with Crippen molar-refractivity contribution in [2.75, 3.05) is 18.9 Å². The van der Waals surface area contributed by atoms with Crippen LogP contribution in [-0.4, -0.2) is 30.3 Å². The van der Waals surface area contributed by atoms with Crippen LogP contribution in [-0.2, 0) is 9.59 Å². The quantitative estimate of drug-likeness (QED) is 0.669. The lowest BCUT2D eigenvalue weighted by atomic mass is 9.79. The number of halogens is 2. The van der Waals surface area contributed by atoms with Gasteiger partial charge in [-0.3, -0.25) is 9.59 Å². The summed E-state index contributed by atoms with van der Waals surface area (Å²) >= 11 is 12.1. The molecule has 2 rings (SSSR count). The number of benzene rings is 1. The molecule has 0 heterocycles. The van der Waals surface area contributed by atoms with Gasteiger partial charge < -0.3 is 10.2 Å². The third kappa shape index (κ3) is 5.88. The van der Waals surface area contributed by atoms with Gasteiger partial charge in [0.1, 0.15) is 0 Å². The number of rotatable bonds is 7. The van der Waals surface area contributed by atoms with Crippen LogP contribution >= 0.6 is 23.2 Å². The molecule has 0 aliphatic heterocycles. The van der Waals surface area contributed by atoms with Crippen molar-refractivity contribution in [1.29, 1.82) is 0 Å². The summed E-state index contributed by atoms with van der Waals surface area (Å²) in [4.78, 5) is 26.4. The zero-order valence-electron chi connectivity index (χ0n) is 15.6. The van der Waals surface area contributed by atoms with E-state index in [1.807, 2.05) is 0 Å². The predicted molar refractivity (Wildman–Crippen MR) is 108 cm³/mol. The first kappa shape index (κ1) is 21.0. The number of para-hydroxylation sites is 1. The molecule has 0 aromatic heterocycles. The molecular formula is C20H28Cl2N2O2. The number of carbonyl (C=O) groups is 2. The number of hydrogen-bond acceptors (Lipinski definition) is 2. The summed E-state index contributed by atoms with van der Waals surface area (Å²) in [5.41, 5.74) is 0.387. The van der Waals surface area contributed by atoms with Crippen molar-refractivity contribution in [3.05, 3.63) is 28.2 Å². The predicted octanol–water partition coefficient (Wildman–Crippen LogP) is 5.39. The summed E-state index contributed by atoms with van der Waals surface area (Å²) in [6, 6.07) is 5.04. The third-order valence-electron chi connectivity index (χ3n) is 5.15. The SMILES string of the molecule is CCCCC1CCC(C(=O)N(C)CC(=O)Nc2c(Cl)cccc2Cl)CC1. The van der Waals surface area contributed by atoms with Gasteiger partial charge in [0.2, 0.25) is 11.8 Å². The highest BCUT2D eigenvalue weighted by atomic mass is 35.5. The first-order chi connectivity index (χ1) is 12.4. The van der Waals surface area contributed by atoms with Gasteiger partial charge >= 0.3 is 0 Å². The number of nitrogens with zero attached hydrogens (tertiary/aromatic N) is 1. The third-order valence-corrected chi connectivity index (χ3v) is 5.78. The molecule has 1 aromatic rings. The largest absolute Gasteiger partial charge is 0.336 e. The summed E-state index contributed by atoms with van der Waals surface area (Å²) in [5.74, 6) is 0.552. The van der Waals surface area contributed by atoms with Gasteiger partial charge in [0.25, 0.3) is 0 Å². The minimum Gasteiger partial charge on any atom is -0.336 e. The topological polar surface area (TPSA) is 49.4 Å². The molecule has 26 heavy (non-hydrogen) atoms. The van der Waals surface area contributed by atoms with E-state index in [2.05, 4.69) is 12.2 Å². The van der Waals surface area contributed by atoms with Crippen molar-refractivity contribution in [1.82, 2.24) is 4.90 Å². The van der Waals surface area contributed by atoms with E-state index in [0.29, 0.717) is 15.7 Å². The summed E-state index contributed by atoms with van der Waals surface area (Å²) in [6.07, 6.45) is 7.86. The number of carbonyl (C=O) groups excluding carboxylic acids is 2. The minimum atomic E-state index is -0.299. The van der Waals surface area contributed by atoms with Crippen molar-refractivity contribution < 1.29 is 9.59 Å². The minimum absolute atomic E-state index is 0.00382.